The molecule has 1 fully saturated rings. The number of aliphatic hydroxyl groups is 1. The molecule has 0 atom stereocenters. The molecule has 1 saturated heterocycles. The number of nitrogens with one attached hydrogen (secondary N) is 2. The van der Waals surface area contributed by atoms with Crippen LogP contribution >= 0.6 is 22.6 Å². The fraction of sp³-hybridized carbons (Fsp3) is 0.227. The predicted octanol–water partition coefficient (Wildman–Crippen LogP) is 3.03. The number of aromatic nitrogens is 3. The van der Waals surface area contributed by atoms with Gasteiger partial charge < -0.3 is 25.7 Å². The number of aliphatic carboxylic acids is 1. The zero-order valence-electron chi connectivity index (χ0n) is 18.7. The van der Waals surface area contributed by atoms with Crippen LogP contribution < -0.4 is 10.6 Å². The Morgan fingerprint density at radius 2 is 1.75 bits per heavy atom. The molecule has 14 heteroatoms. The Morgan fingerprint density at radius 1 is 1.11 bits per heavy atom. The van der Waals surface area contributed by atoms with Crippen molar-refractivity contribution in [3.05, 3.63) is 69.6 Å². The summed E-state index contributed by atoms with van der Waals surface area (Å²) >= 11 is 1.91. The van der Waals surface area contributed by atoms with Gasteiger partial charge in [0.15, 0.2) is 11.6 Å². The maximum absolute atomic E-state index is 14.6. The highest BCUT2D eigenvalue weighted by Gasteiger charge is 2.44. The third kappa shape index (κ3) is 6.78. The smallest absolute Gasteiger partial charge is 0.300 e. The van der Waals surface area contributed by atoms with Gasteiger partial charge in [-0.15, -0.1) is 0 Å². The van der Waals surface area contributed by atoms with E-state index in [1.165, 1.54) is 29.7 Å². The van der Waals surface area contributed by atoms with Crippen molar-refractivity contribution in [1.82, 2.24) is 19.9 Å². The minimum Gasteiger partial charge on any atom is -0.481 e. The first kappa shape index (κ1) is 27.1. The van der Waals surface area contributed by atoms with Gasteiger partial charge in [-0.25, -0.2) is 28.1 Å². The van der Waals surface area contributed by atoms with Crippen LogP contribution in [0, 0.1) is 21.0 Å². The summed E-state index contributed by atoms with van der Waals surface area (Å²) in [6, 6.07) is 6.11. The van der Waals surface area contributed by atoms with E-state index < -0.39 is 40.6 Å². The number of hydrogen-bond acceptors (Lipinski definition) is 8. The second kappa shape index (κ2) is 11.5. The molecule has 3 aromatic rings. The average Bonchev–Trinajstić information content (AvgIpc) is 2.80. The highest BCUT2D eigenvalue weighted by Crippen LogP contribution is 2.31. The van der Waals surface area contributed by atoms with Crippen LogP contribution in [0.5, 0.6) is 0 Å². The van der Waals surface area contributed by atoms with E-state index in [1.807, 2.05) is 22.6 Å². The summed E-state index contributed by atoms with van der Waals surface area (Å²) in [6.45, 7) is 1.04. The number of nitrogens with zero attached hydrogens (tertiary/aromatic N) is 4. The molecule has 4 N–H and O–H groups in total. The van der Waals surface area contributed by atoms with Crippen molar-refractivity contribution in [2.75, 3.05) is 30.3 Å². The van der Waals surface area contributed by atoms with Crippen LogP contribution in [0.25, 0.3) is 0 Å². The van der Waals surface area contributed by atoms with Gasteiger partial charge in [-0.1, -0.05) is 0 Å². The maximum Gasteiger partial charge on any atom is 0.300 e. The number of carboxylic acids is 1. The Bertz CT molecular complexity index is 1260. The van der Waals surface area contributed by atoms with Gasteiger partial charge in [-0.2, -0.15) is 0 Å². The van der Waals surface area contributed by atoms with Gasteiger partial charge in [0.25, 0.3) is 11.9 Å². The van der Waals surface area contributed by atoms with Crippen LogP contribution in [0.4, 0.5) is 30.5 Å². The van der Waals surface area contributed by atoms with Crippen LogP contribution in [-0.4, -0.2) is 67.2 Å². The molecule has 1 aromatic heterocycles. The van der Waals surface area contributed by atoms with Crippen LogP contribution in [0.2, 0.25) is 0 Å². The Hall–Kier alpha value is -3.53. The third-order valence-electron chi connectivity index (χ3n) is 4.84. The summed E-state index contributed by atoms with van der Waals surface area (Å²) in [5.41, 5.74) is -2.02. The molecule has 1 aliphatic heterocycles. The topological polar surface area (TPSA) is 141 Å². The molecule has 0 spiro atoms. The number of carbonyl (C=O) groups is 2. The number of halogens is 4. The lowest BCUT2D eigenvalue weighted by atomic mass is 9.93. The number of benzene rings is 2. The number of hydrogen-bond donors (Lipinski definition) is 4. The van der Waals surface area contributed by atoms with Gasteiger partial charge in [0.2, 0.25) is 5.95 Å². The zero-order chi connectivity index (χ0) is 26.5. The fourth-order valence-electron chi connectivity index (χ4n) is 3.24. The molecule has 2 aromatic carbocycles. The quantitative estimate of drug-likeness (QED) is 0.308. The molecule has 1 amide bonds. The van der Waals surface area contributed by atoms with Gasteiger partial charge >= 0.3 is 0 Å². The van der Waals surface area contributed by atoms with Crippen LogP contribution in [-0.2, 0) is 4.79 Å². The molecule has 0 bridgehead atoms. The van der Waals surface area contributed by atoms with Crippen molar-refractivity contribution in [2.45, 2.75) is 12.5 Å². The standard InChI is InChI=1S/C20H16F3IN6O2.C2H4O2/c21-13-3-2-12(17(16(13)23)29-15-4-1-11(24)5-14(15)22)18(31)30-7-20(32,8-30)6-26-19-27-9-25-10-28-19;1-2(3)4/h1-5,9-10,29,32H,6-8H2,(H,25,26,27,28);1H3,(H,3,4). The average molecular weight is 616 g/mol. The summed E-state index contributed by atoms with van der Waals surface area (Å²) in [5, 5.41) is 23.3. The molecule has 0 unspecified atom stereocenters. The van der Waals surface area contributed by atoms with Gasteiger partial charge in [-0.05, 0) is 52.9 Å². The van der Waals surface area contributed by atoms with Gasteiger partial charge in [0.1, 0.15) is 24.1 Å². The lowest BCUT2D eigenvalue weighted by Gasteiger charge is -2.46. The largest absolute Gasteiger partial charge is 0.481 e. The molecule has 10 nitrogen and oxygen atoms in total. The van der Waals surface area contributed by atoms with Crippen LogP contribution in [0.1, 0.15) is 17.3 Å². The van der Waals surface area contributed by atoms with E-state index >= 15 is 0 Å². The number of amides is 1. The maximum atomic E-state index is 14.6. The first-order valence-electron chi connectivity index (χ1n) is 10.3. The summed E-state index contributed by atoms with van der Waals surface area (Å²) in [4.78, 5) is 34.7. The lowest BCUT2D eigenvalue weighted by Crippen LogP contribution is -2.66. The van der Waals surface area contributed by atoms with E-state index in [0.717, 1.165) is 19.1 Å². The van der Waals surface area contributed by atoms with Crippen molar-refractivity contribution in [3.8, 4) is 0 Å². The lowest BCUT2D eigenvalue weighted by molar-refractivity contribution is -0.134. The molecule has 0 aliphatic carbocycles. The number of likely N-dealkylation sites (tertiary alicyclic amines) is 1. The second-order valence-corrected chi connectivity index (χ2v) is 9.00. The number of rotatable bonds is 6. The zero-order valence-corrected chi connectivity index (χ0v) is 20.8. The molecule has 190 valence electrons. The normalized spacial score (nSPS) is 13.7. The monoisotopic (exact) mass is 616 g/mol. The van der Waals surface area contributed by atoms with Crippen molar-refractivity contribution in [1.29, 1.82) is 0 Å². The van der Waals surface area contributed by atoms with Crippen LogP contribution in [0.3, 0.4) is 0 Å². The SMILES string of the molecule is CC(=O)O.O=C(c1ccc(F)c(F)c1Nc1ccc(I)cc1F)N1CC(O)(CNc2ncncn2)C1. The van der Waals surface area contributed by atoms with E-state index in [2.05, 4.69) is 25.6 Å². The number of carbonyl (C=O) groups excluding carboxylic acids is 1. The number of anilines is 3. The molecule has 4 rings (SSSR count). The minimum atomic E-state index is -1.30. The van der Waals surface area contributed by atoms with E-state index in [4.69, 9.17) is 9.90 Å². The predicted molar refractivity (Wildman–Crippen MR) is 131 cm³/mol. The van der Waals surface area contributed by atoms with E-state index in [0.29, 0.717) is 3.57 Å². The Balaban J connectivity index is 0.000000840. The molecule has 36 heavy (non-hydrogen) atoms. The van der Waals surface area contributed by atoms with E-state index in [-0.39, 0.29) is 36.8 Å². The summed E-state index contributed by atoms with van der Waals surface area (Å²) in [7, 11) is 0. The third-order valence-corrected chi connectivity index (χ3v) is 5.51. The molecule has 0 saturated carbocycles. The highest BCUT2D eigenvalue weighted by molar-refractivity contribution is 14.1. The molecule has 1 aliphatic rings. The molecule has 2 heterocycles. The minimum absolute atomic E-state index is 0.0553. The van der Waals surface area contributed by atoms with Crippen molar-refractivity contribution in [3.63, 3.8) is 0 Å². The molecular weight excluding hydrogens is 596 g/mol. The Morgan fingerprint density at radius 3 is 2.36 bits per heavy atom. The summed E-state index contributed by atoms with van der Waals surface area (Å²) in [6.07, 6.45) is 2.59. The van der Waals surface area contributed by atoms with Gasteiger partial charge in [0.05, 0.1) is 36.6 Å². The van der Waals surface area contributed by atoms with Crippen molar-refractivity contribution >= 4 is 51.8 Å². The highest BCUT2D eigenvalue weighted by atomic mass is 127. The second-order valence-electron chi connectivity index (χ2n) is 7.75. The van der Waals surface area contributed by atoms with E-state index in [1.54, 1.807) is 6.07 Å². The van der Waals surface area contributed by atoms with Crippen LogP contribution in [0.15, 0.2) is 43.0 Å². The molecular formula is C22H20F3IN6O4. The number of carboxylic acid groups (broad SMARTS) is 1. The van der Waals surface area contributed by atoms with Gasteiger partial charge in [0, 0.05) is 10.5 Å². The van der Waals surface area contributed by atoms with Crippen molar-refractivity contribution in [2.24, 2.45) is 0 Å². The van der Waals surface area contributed by atoms with Crippen molar-refractivity contribution < 1.29 is 33.0 Å². The Kier molecular flexibility index (Phi) is 8.62. The Labute approximate surface area is 216 Å². The fourth-order valence-corrected chi connectivity index (χ4v) is 3.69. The first-order chi connectivity index (χ1) is 17.0. The summed E-state index contributed by atoms with van der Waals surface area (Å²) < 4.78 is 43.3. The first-order valence-corrected chi connectivity index (χ1v) is 11.3. The van der Waals surface area contributed by atoms with E-state index in [9.17, 15) is 23.1 Å². The molecule has 0 radical (unpaired) electrons. The summed E-state index contributed by atoms with van der Waals surface area (Å²) in [5.74, 6) is -4.37. The van der Waals surface area contributed by atoms with Gasteiger partial charge in [-0.3, -0.25) is 9.59 Å². The number of β-amino-alcohol motifs (C(OH)–C–C–N with tert-alkyl or cyclic N) is 1.